The summed E-state index contributed by atoms with van der Waals surface area (Å²) >= 11 is 0. The molecule has 0 fully saturated rings. The Balaban J connectivity index is 3.98. The summed E-state index contributed by atoms with van der Waals surface area (Å²) < 4.78 is 0. The Labute approximate surface area is 150 Å². The lowest BCUT2D eigenvalue weighted by atomic mass is 10.1. The molecule has 0 nitrogen and oxygen atoms in total. The molecule has 0 aliphatic carbocycles. The van der Waals surface area contributed by atoms with Gasteiger partial charge in [0.05, 0.1) is 0 Å². The van der Waals surface area contributed by atoms with Gasteiger partial charge in [-0.2, -0.15) is 0 Å². The van der Waals surface area contributed by atoms with Crippen LogP contribution in [0.25, 0.3) is 0 Å². The Morgan fingerprint density at radius 2 is 0.652 bits per heavy atom. The summed E-state index contributed by atoms with van der Waals surface area (Å²) in [5, 5.41) is 0. The topological polar surface area (TPSA) is 0 Å². The maximum absolute atomic E-state index is 2.69. The van der Waals surface area contributed by atoms with Gasteiger partial charge in [-0.05, 0) is 42.8 Å². The highest BCUT2D eigenvalue weighted by atomic mass is 32.3. The molecule has 0 bridgehead atoms. The quantitative estimate of drug-likeness (QED) is 0.219. The molecule has 0 aromatic heterocycles. The average molecular weight is 345 g/mol. The van der Waals surface area contributed by atoms with E-state index in [9.17, 15) is 0 Å². The van der Waals surface area contributed by atoms with E-state index in [0.29, 0.717) is 0 Å². The molecule has 1 atom stereocenters. The fourth-order valence-electron chi connectivity index (χ4n) is 3.47. The number of rotatable bonds is 18. The van der Waals surface area contributed by atoms with E-state index in [1.807, 2.05) is 0 Å². The van der Waals surface area contributed by atoms with Gasteiger partial charge in [-0.15, -0.1) is 0 Å². The van der Waals surface area contributed by atoms with Crippen LogP contribution in [0.4, 0.5) is 0 Å². The van der Waals surface area contributed by atoms with E-state index in [2.05, 4.69) is 27.0 Å². The predicted molar refractivity (Wildman–Crippen MR) is 114 cm³/mol. The number of hydrogen-bond donors (Lipinski definition) is 0. The molecule has 1 unspecified atom stereocenters. The fourth-order valence-corrected chi connectivity index (χ4v) is 6.78. The summed E-state index contributed by atoms with van der Waals surface area (Å²) in [4.78, 5) is 0. The van der Waals surface area contributed by atoms with Crippen LogP contribution < -0.4 is 0 Å². The monoisotopic (exact) mass is 344 g/mol. The summed E-state index contributed by atoms with van der Waals surface area (Å²) in [6.07, 6.45) is 24.5. The zero-order chi connectivity index (χ0) is 17.2. The second-order valence-electron chi connectivity index (χ2n) is 7.83. The van der Waals surface area contributed by atoms with E-state index in [0.717, 1.165) is 0 Å². The highest BCUT2D eigenvalue weighted by Gasteiger charge is 2.17. The van der Waals surface area contributed by atoms with E-state index in [1.165, 1.54) is 96.3 Å². The van der Waals surface area contributed by atoms with Gasteiger partial charge in [0.15, 0.2) is 0 Å². The maximum Gasteiger partial charge on any atom is -0.0230 e. The lowest BCUT2D eigenvalue weighted by Gasteiger charge is -2.37. The van der Waals surface area contributed by atoms with E-state index in [1.54, 1.807) is 17.3 Å². The molecule has 0 saturated heterocycles. The highest BCUT2D eigenvalue weighted by molar-refractivity contribution is 8.33. The lowest BCUT2D eigenvalue weighted by Crippen LogP contribution is -2.13. The van der Waals surface area contributed by atoms with Crippen LogP contribution in [0.2, 0.25) is 0 Å². The summed E-state index contributed by atoms with van der Waals surface area (Å²) in [7, 11) is -0.299. The van der Waals surface area contributed by atoms with Gasteiger partial charge in [0.1, 0.15) is 0 Å². The Bertz CT molecular complexity index is 226. The molecular weight excluding hydrogens is 296 g/mol. The van der Waals surface area contributed by atoms with Crippen LogP contribution in [-0.4, -0.2) is 23.5 Å². The van der Waals surface area contributed by atoms with Crippen molar-refractivity contribution in [1.29, 1.82) is 0 Å². The van der Waals surface area contributed by atoms with Crippen molar-refractivity contribution >= 4 is 10.0 Å². The molecule has 0 aliphatic rings. The third-order valence-corrected chi connectivity index (χ3v) is 9.04. The van der Waals surface area contributed by atoms with Crippen molar-refractivity contribution in [2.24, 2.45) is 0 Å². The van der Waals surface area contributed by atoms with Crippen LogP contribution >= 0.6 is 10.0 Å². The molecule has 0 aromatic carbocycles. The second-order valence-corrected chi connectivity index (χ2v) is 12.0. The minimum Gasteiger partial charge on any atom is -0.244 e. The Kier molecular flexibility index (Phi) is 17.4. The molecule has 23 heavy (non-hydrogen) atoms. The van der Waals surface area contributed by atoms with Crippen LogP contribution in [0.1, 0.15) is 117 Å². The third kappa shape index (κ3) is 15.6. The second kappa shape index (κ2) is 17.2. The van der Waals surface area contributed by atoms with Crippen LogP contribution in [0.15, 0.2) is 0 Å². The average Bonchev–Trinajstić information content (AvgIpc) is 2.55. The van der Waals surface area contributed by atoms with Crippen molar-refractivity contribution < 1.29 is 0 Å². The first kappa shape index (κ1) is 23.4. The SMILES string of the molecule is CCCCCCCCS(C)(CCCCCC)CCCCCCC. The van der Waals surface area contributed by atoms with E-state index >= 15 is 0 Å². The van der Waals surface area contributed by atoms with Crippen molar-refractivity contribution in [1.82, 2.24) is 0 Å². The molecule has 0 aliphatic heterocycles. The van der Waals surface area contributed by atoms with Crippen molar-refractivity contribution in [3.63, 3.8) is 0 Å². The van der Waals surface area contributed by atoms with Gasteiger partial charge in [0.2, 0.25) is 0 Å². The number of hydrogen-bond acceptors (Lipinski definition) is 0. The summed E-state index contributed by atoms with van der Waals surface area (Å²) in [6.45, 7) is 6.97. The van der Waals surface area contributed by atoms with Crippen molar-refractivity contribution in [2.75, 3.05) is 23.5 Å². The van der Waals surface area contributed by atoms with Crippen LogP contribution in [-0.2, 0) is 0 Å². The van der Waals surface area contributed by atoms with Crippen molar-refractivity contribution in [3.8, 4) is 0 Å². The standard InChI is InChI=1S/C22H48S/c1-5-8-11-14-16-19-22-23(4,20-17-13-10-7-3)21-18-15-12-9-6-2/h5-22H2,1-4H3. The Hall–Kier alpha value is 0.350. The van der Waals surface area contributed by atoms with Gasteiger partial charge in [-0.3, -0.25) is 0 Å². The molecule has 1 heteroatoms. The van der Waals surface area contributed by atoms with E-state index < -0.39 is 0 Å². The fraction of sp³-hybridized carbons (Fsp3) is 1.00. The first-order valence-corrected chi connectivity index (χ1v) is 13.4. The summed E-state index contributed by atoms with van der Waals surface area (Å²) in [6, 6.07) is 0. The van der Waals surface area contributed by atoms with Gasteiger partial charge in [-0.25, -0.2) is 10.0 Å². The highest BCUT2D eigenvalue weighted by Crippen LogP contribution is 2.47. The molecule has 0 amide bonds. The third-order valence-electron chi connectivity index (χ3n) is 5.22. The Morgan fingerprint density at radius 1 is 0.391 bits per heavy atom. The molecule has 0 aromatic rings. The summed E-state index contributed by atoms with van der Waals surface area (Å²) in [5.41, 5.74) is 0. The van der Waals surface area contributed by atoms with Gasteiger partial charge < -0.3 is 0 Å². The first-order valence-electron chi connectivity index (χ1n) is 10.9. The van der Waals surface area contributed by atoms with Crippen LogP contribution in [0, 0.1) is 0 Å². The van der Waals surface area contributed by atoms with Gasteiger partial charge in [0, 0.05) is 0 Å². The lowest BCUT2D eigenvalue weighted by molar-refractivity contribution is 0.625. The molecule has 0 spiro atoms. The maximum atomic E-state index is 2.69. The molecule has 142 valence electrons. The van der Waals surface area contributed by atoms with Crippen molar-refractivity contribution in [2.45, 2.75) is 117 Å². The zero-order valence-corrected chi connectivity index (χ0v) is 18.0. The van der Waals surface area contributed by atoms with E-state index in [4.69, 9.17) is 0 Å². The van der Waals surface area contributed by atoms with Gasteiger partial charge >= 0.3 is 0 Å². The molecule has 0 N–H and O–H groups in total. The largest absolute Gasteiger partial charge is 0.244 e. The minimum absolute atomic E-state index is 0.299. The van der Waals surface area contributed by atoms with Gasteiger partial charge in [0.25, 0.3) is 0 Å². The molecule has 0 heterocycles. The summed E-state index contributed by atoms with van der Waals surface area (Å²) in [5.74, 6) is 4.70. The zero-order valence-electron chi connectivity index (χ0n) is 17.1. The van der Waals surface area contributed by atoms with Crippen molar-refractivity contribution in [3.05, 3.63) is 0 Å². The van der Waals surface area contributed by atoms with Crippen LogP contribution in [0.5, 0.6) is 0 Å². The number of unbranched alkanes of at least 4 members (excludes halogenated alkanes) is 12. The molecule has 0 saturated carbocycles. The predicted octanol–water partition coefficient (Wildman–Crippen LogP) is 8.33. The normalized spacial score (nSPS) is 15.5. The Morgan fingerprint density at radius 3 is 1.00 bits per heavy atom. The van der Waals surface area contributed by atoms with Gasteiger partial charge in [-0.1, -0.05) is 97.8 Å². The molecule has 0 rings (SSSR count). The molecule has 0 radical (unpaired) electrons. The minimum atomic E-state index is -0.299. The van der Waals surface area contributed by atoms with E-state index in [-0.39, 0.29) is 10.0 Å². The smallest absolute Gasteiger partial charge is 0.0230 e. The molecular formula is C22H48S. The van der Waals surface area contributed by atoms with Crippen LogP contribution in [0.3, 0.4) is 0 Å². The first-order chi connectivity index (χ1) is 11.2.